The fourth-order valence-corrected chi connectivity index (χ4v) is 2.76. The third-order valence-electron chi connectivity index (χ3n) is 2.73. The van der Waals surface area contributed by atoms with Gasteiger partial charge in [-0.15, -0.1) is 11.3 Å². The van der Waals surface area contributed by atoms with Crippen LogP contribution in [0.3, 0.4) is 0 Å². The number of alkyl halides is 3. The molecule has 24 heavy (non-hydrogen) atoms. The van der Waals surface area contributed by atoms with E-state index in [1.807, 2.05) is 0 Å². The molecule has 0 radical (unpaired) electrons. The van der Waals surface area contributed by atoms with E-state index in [1.165, 1.54) is 12.3 Å². The van der Waals surface area contributed by atoms with Gasteiger partial charge in [0.1, 0.15) is 0 Å². The van der Waals surface area contributed by atoms with Gasteiger partial charge in [-0.1, -0.05) is 11.6 Å². The van der Waals surface area contributed by atoms with Crippen LogP contribution < -0.4 is 9.54 Å². The highest BCUT2D eigenvalue weighted by molar-refractivity contribution is 7.07. The molecule has 0 aliphatic rings. The van der Waals surface area contributed by atoms with Crippen LogP contribution in [0.1, 0.15) is 24.2 Å². The number of halogens is 4. The third-order valence-corrected chi connectivity index (χ3v) is 3.85. The average molecular weight is 379 g/mol. The maximum atomic E-state index is 12.8. The molecular formula is C14H10ClF3N2O3S. The molecule has 128 valence electrons. The second kappa shape index (κ2) is 6.78. The summed E-state index contributed by atoms with van der Waals surface area (Å²) in [5, 5.41) is 1.34. The topological polar surface area (TPSA) is 60.7 Å². The van der Waals surface area contributed by atoms with Crippen molar-refractivity contribution in [3.05, 3.63) is 39.0 Å². The predicted molar refractivity (Wildman–Crippen MR) is 81.6 cm³/mol. The summed E-state index contributed by atoms with van der Waals surface area (Å²) in [6.45, 7) is 2.36. The molecule has 0 aliphatic carbocycles. The molecule has 1 aromatic carbocycles. The number of carbonyl (C=O) groups is 2. The second-order valence-electron chi connectivity index (χ2n) is 4.58. The van der Waals surface area contributed by atoms with Crippen molar-refractivity contribution in [1.29, 1.82) is 0 Å². The van der Waals surface area contributed by atoms with E-state index in [1.54, 1.807) is 0 Å². The van der Waals surface area contributed by atoms with Crippen molar-refractivity contribution in [3.8, 4) is 5.88 Å². The minimum atomic E-state index is -4.55. The van der Waals surface area contributed by atoms with E-state index in [0.717, 1.165) is 41.0 Å². The molecule has 0 saturated carbocycles. The van der Waals surface area contributed by atoms with Gasteiger partial charge in [0, 0.05) is 13.8 Å². The molecule has 10 heteroatoms. The quantitative estimate of drug-likeness (QED) is 0.741. The Morgan fingerprint density at radius 1 is 1.29 bits per heavy atom. The molecule has 1 aromatic heterocycles. The molecule has 0 atom stereocenters. The molecule has 0 N–H and O–H groups in total. The van der Waals surface area contributed by atoms with E-state index in [9.17, 15) is 22.8 Å². The van der Waals surface area contributed by atoms with Gasteiger partial charge in [0.25, 0.3) is 0 Å². The standard InChI is InChI=1S/C14H10ClF3N2O3S/c1-7(21)20-12(23-8(2)22)6-24-13(20)19-11-5-9(14(16,17)18)3-4-10(11)15/h3-6H,1-2H3. The first kappa shape index (κ1) is 18.2. The third kappa shape index (κ3) is 4.04. The Morgan fingerprint density at radius 2 is 1.96 bits per heavy atom. The van der Waals surface area contributed by atoms with E-state index < -0.39 is 23.6 Å². The summed E-state index contributed by atoms with van der Waals surface area (Å²) in [6, 6.07) is 2.68. The fourth-order valence-electron chi connectivity index (χ4n) is 1.76. The summed E-state index contributed by atoms with van der Waals surface area (Å²) in [6.07, 6.45) is -4.55. The predicted octanol–water partition coefficient (Wildman–Crippen LogP) is 4.04. The van der Waals surface area contributed by atoms with Crippen molar-refractivity contribution in [2.45, 2.75) is 20.0 Å². The zero-order valence-corrected chi connectivity index (χ0v) is 13.9. The number of benzene rings is 1. The molecule has 1 heterocycles. The Bertz CT molecular complexity index is 871. The molecule has 0 spiro atoms. The molecule has 5 nitrogen and oxygen atoms in total. The maximum Gasteiger partial charge on any atom is 0.416 e. The number of esters is 1. The Morgan fingerprint density at radius 3 is 2.50 bits per heavy atom. The highest BCUT2D eigenvalue weighted by Gasteiger charge is 2.31. The molecule has 0 aliphatic heterocycles. The van der Waals surface area contributed by atoms with Gasteiger partial charge in [0.15, 0.2) is 4.80 Å². The first-order chi connectivity index (χ1) is 11.1. The number of thiazole rings is 1. The van der Waals surface area contributed by atoms with Gasteiger partial charge in [-0.3, -0.25) is 9.59 Å². The number of carbonyl (C=O) groups excluding carboxylic acids is 2. The molecular weight excluding hydrogens is 369 g/mol. The first-order valence-corrected chi connectivity index (χ1v) is 7.66. The van der Waals surface area contributed by atoms with Crippen LogP contribution in [0.2, 0.25) is 5.02 Å². The largest absolute Gasteiger partial charge is 0.416 e. The minimum Gasteiger partial charge on any atom is -0.408 e. The lowest BCUT2D eigenvalue weighted by molar-refractivity contribution is -0.137. The molecule has 0 bridgehead atoms. The molecule has 2 rings (SSSR count). The summed E-state index contributed by atoms with van der Waals surface area (Å²) < 4.78 is 44.2. The van der Waals surface area contributed by atoms with Crippen LogP contribution in [-0.4, -0.2) is 16.4 Å². The highest BCUT2D eigenvalue weighted by atomic mass is 35.5. The number of ether oxygens (including phenoxy) is 1. The lowest BCUT2D eigenvalue weighted by Gasteiger charge is -2.08. The van der Waals surface area contributed by atoms with Crippen LogP contribution in [0.5, 0.6) is 5.88 Å². The molecule has 0 fully saturated rings. The summed E-state index contributed by atoms with van der Waals surface area (Å²) in [4.78, 5) is 26.8. The van der Waals surface area contributed by atoms with E-state index in [2.05, 4.69) is 4.99 Å². The van der Waals surface area contributed by atoms with Crippen LogP contribution in [0.15, 0.2) is 28.6 Å². The average Bonchev–Trinajstić information content (AvgIpc) is 2.81. The van der Waals surface area contributed by atoms with Crippen molar-refractivity contribution >= 4 is 40.5 Å². The zero-order valence-electron chi connectivity index (χ0n) is 12.3. The van der Waals surface area contributed by atoms with E-state index in [4.69, 9.17) is 16.3 Å². The van der Waals surface area contributed by atoms with Crippen molar-refractivity contribution in [2.75, 3.05) is 0 Å². The SMILES string of the molecule is CC(=O)Oc1csc(=Nc2cc(C(F)(F)F)ccc2Cl)n1C(C)=O. The normalized spacial score (nSPS) is 12.3. The summed E-state index contributed by atoms with van der Waals surface area (Å²) >= 11 is 6.80. The van der Waals surface area contributed by atoms with Gasteiger partial charge in [-0.05, 0) is 18.2 Å². The highest BCUT2D eigenvalue weighted by Crippen LogP contribution is 2.34. The lowest BCUT2D eigenvalue weighted by Crippen LogP contribution is -2.22. The summed E-state index contributed by atoms with van der Waals surface area (Å²) in [7, 11) is 0. The van der Waals surface area contributed by atoms with E-state index >= 15 is 0 Å². The molecule has 2 aromatic rings. The summed E-state index contributed by atoms with van der Waals surface area (Å²) in [5.74, 6) is -1.23. The minimum absolute atomic E-state index is 0.0134. The lowest BCUT2D eigenvalue weighted by atomic mass is 10.2. The number of hydrogen-bond donors (Lipinski definition) is 0. The Balaban J connectivity index is 2.62. The monoisotopic (exact) mass is 378 g/mol. The molecule has 0 amide bonds. The Labute approximate surface area is 143 Å². The van der Waals surface area contributed by atoms with Crippen LogP contribution in [-0.2, 0) is 11.0 Å². The van der Waals surface area contributed by atoms with Crippen LogP contribution in [0.25, 0.3) is 0 Å². The van der Waals surface area contributed by atoms with Crippen LogP contribution in [0, 0.1) is 0 Å². The number of hydrogen-bond acceptors (Lipinski definition) is 5. The molecule has 0 saturated heterocycles. The van der Waals surface area contributed by atoms with Gasteiger partial charge in [-0.2, -0.15) is 13.2 Å². The number of aromatic nitrogens is 1. The van der Waals surface area contributed by atoms with Crippen molar-refractivity contribution in [3.63, 3.8) is 0 Å². The number of nitrogens with zero attached hydrogens (tertiary/aromatic N) is 2. The fraction of sp³-hybridized carbons (Fsp3) is 0.214. The van der Waals surface area contributed by atoms with E-state index in [0.29, 0.717) is 0 Å². The van der Waals surface area contributed by atoms with Gasteiger partial charge in [-0.25, -0.2) is 9.56 Å². The van der Waals surface area contributed by atoms with Gasteiger partial charge < -0.3 is 4.74 Å². The first-order valence-electron chi connectivity index (χ1n) is 6.41. The zero-order chi connectivity index (χ0) is 18.1. The Hall–Kier alpha value is -2.13. The van der Waals surface area contributed by atoms with Crippen LogP contribution >= 0.6 is 22.9 Å². The summed E-state index contributed by atoms with van der Waals surface area (Å²) in [5.41, 5.74) is -1.07. The molecule has 0 unspecified atom stereocenters. The van der Waals surface area contributed by atoms with Crippen molar-refractivity contribution in [2.24, 2.45) is 4.99 Å². The van der Waals surface area contributed by atoms with E-state index in [-0.39, 0.29) is 21.4 Å². The van der Waals surface area contributed by atoms with Crippen molar-refractivity contribution < 1.29 is 27.5 Å². The van der Waals surface area contributed by atoms with Gasteiger partial charge >= 0.3 is 12.1 Å². The van der Waals surface area contributed by atoms with Crippen LogP contribution in [0.4, 0.5) is 18.9 Å². The Kier molecular flexibility index (Phi) is 5.14. The van der Waals surface area contributed by atoms with Crippen molar-refractivity contribution in [1.82, 2.24) is 4.57 Å². The van der Waals surface area contributed by atoms with Gasteiger partial charge in [0.2, 0.25) is 11.8 Å². The second-order valence-corrected chi connectivity index (χ2v) is 5.82. The van der Waals surface area contributed by atoms with Gasteiger partial charge in [0.05, 0.1) is 21.7 Å². The smallest absolute Gasteiger partial charge is 0.408 e. The number of rotatable bonds is 2. The maximum absolute atomic E-state index is 12.8.